The van der Waals surface area contributed by atoms with Crippen LogP contribution in [0.2, 0.25) is 0 Å². The highest BCUT2D eigenvalue weighted by Gasteiger charge is 2.34. The molecule has 1 saturated heterocycles. The SMILES string of the molecule is Cc1coc(CC(=O)O)c1C(=O)N1CCCC1CC(O)c1cccs1. The number of hydrogen-bond acceptors (Lipinski definition) is 5. The standard InChI is InChI=1S/C18H21NO5S/c1-11-10-24-14(9-16(21)22)17(11)18(23)19-6-2-4-12(19)8-13(20)15-5-3-7-25-15/h3,5,7,10,12-13,20H,2,4,6,8-9H2,1H3,(H,21,22). The molecule has 1 fully saturated rings. The molecule has 0 saturated carbocycles. The molecular weight excluding hydrogens is 342 g/mol. The zero-order chi connectivity index (χ0) is 18.0. The van der Waals surface area contributed by atoms with E-state index in [-0.39, 0.29) is 24.1 Å². The van der Waals surface area contributed by atoms with E-state index in [1.165, 1.54) is 17.6 Å². The number of aliphatic hydroxyl groups excluding tert-OH is 1. The summed E-state index contributed by atoms with van der Waals surface area (Å²) in [6.07, 6.45) is 2.71. The summed E-state index contributed by atoms with van der Waals surface area (Å²) in [6, 6.07) is 3.73. The van der Waals surface area contributed by atoms with Crippen molar-refractivity contribution in [2.24, 2.45) is 0 Å². The van der Waals surface area contributed by atoms with Gasteiger partial charge in [-0.3, -0.25) is 9.59 Å². The third-order valence-corrected chi connectivity index (χ3v) is 5.56. The number of aliphatic carboxylic acids is 1. The lowest BCUT2D eigenvalue weighted by atomic mass is 10.0. The highest BCUT2D eigenvalue weighted by atomic mass is 32.1. The number of aliphatic hydroxyl groups is 1. The number of hydrogen-bond donors (Lipinski definition) is 2. The Labute approximate surface area is 149 Å². The molecule has 2 atom stereocenters. The van der Waals surface area contributed by atoms with Crippen LogP contribution in [0.3, 0.4) is 0 Å². The first-order chi connectivity index (χ1) is 12.0. The molecule has 0 aliphatic carbocycles. The molecule has 0 bridgehead atoms. The van der Waals surface area contributed by atoms with E-state index in [1.807, 2.05) is 17.5 Å². The monoisotopic (exact) mass is 363 g/mol. The third kappa shape index (κ3) is 3.77. The van der Waals surface area contributed by atoms with Gasteiger partial charge in [0.2, 0.25) is 0 Å². The largest absolute Gasteiger partial charge is 0.481 e. The third-order valence-electron chi connectivity index (χ3n) is 4.58. The van der Waals surface area contributed by atoms with Crippen molar-refractivity contribution in [3.8, 4) is 0 Å². The van der Waals surface area contributed by atoms with E-state index < -0.39 is 12.1 Å². The molecule has 0 spiro atoms. The molecule has 0 radical (unpaired) electrons. The van der Waals surface area contributed by atoms with Crippen LogP contribution >= 0.6 is 11.3 Å². The van der Waals surface area contributed by atoms with Gasteiger partial charge < -0.3 is 19.5 Å². The van der Waals surface area contributed by atoms with Crippen LogP contribution in [0.15, 0.2) is 28.2 Å². The number of rotatable bonds is 6. The minimum atomic E-state index is -1.03. The molecule has 0 aromatic carbocycles. The van der Waals surface area contributed by atoms with Crippen LogP contribution < -0.4 is 0 Å². The minimum Gasteiger partial charge on any atom is -0.481 e. The number of thiophene rings is 1. The normalized spacial score (nSPS) is 18.5. The topological polar surface area (TPSA) is 91.0 Å². The van der Waals surface area contributed by atoms with E-state index in [2.05, 4.69) is 0 Å². The van der Waals surface area contributed by atoms with E-state index in [4.69, 9.17) is 9.52 Å². The summed E-state index contributed by atoms with van der Waals surface area (Å²) >= 11 is 1.50. The molecule has 3 heterocycles. The van der Waals surface area contributed by atoms with E-state index in [1.54, 1.807) is 11.8 Å². The van der Waals surface area contributed by atoms with Crippen LogP contribution in [0.25, 0.3) is 0 Å². The summed E-state index contributed by atoms with van der Waals surface area (Å²) in [7, 11) is 0. The van der Waals surface area contributed by atoms with Gasteiger partial charge in [0.25, 0.3) is 5.91 Å². The number of aryl methyl sites for hydroxylation is 1. The van der Waals surface area contributed by atoms with Gasteiger partial charge in [0, 0.05) is 23.0 Å². The summed E-state index contributed by atoms with van der Waals surface area (Å²) < 4.78 is 5.29. The van der Waals surface area contributed by atoms with Crippen LogP contribution in [0.1, 0.15) is 51.9 Å². The van der Waals surface area contributed by atoms with Crippen molar-refractivity contribution < 1.29 is 24.2 Å². The first kappa shape index (κ1) is 17.7. The highest BCUT2D eigenvalue weighted by molar-refractivity contribution is 7.10. The molecule has 3 rings (SSSR count). The van der Waals surface area contributed by atoms with Gasteiger partial charge in [-0.2, -0.15) is 0 Å². The Morgan fingerprint density at radius 3 is 2.96 bits per heavy atom. The molecule has 6 nitrogen and oxygen atoms in total. The van der Waals surface area contributed by atoms with Gasteiger partial charge in [-0.25, -0.2) is 0 Å². The van der Waals surface area contributed by atoms with E-state index in [0.29, 0.717) is 24.1 Å². The predicted molar refractivity (Wildman–Crippen MR) is 92.7 cm³/mol. The lowest BCUT2D eigenvalue weighted by Crippen LogP contribution is -2.37. The molecule has 1 aliphatic heterocycles. The highest BCUT2D eigenvalue weighted by Crippen LogP contribution is 2.31. The van der Waals surface area contributed by atoms with Gasteiger partial charge in [0.05, 0.1) is 17.9 Å². The summed E-state index contributed by atoms with van der Waals surface area (Å²) in [5.74, 6) is -1.04. The van der Waals surface area contributed by atoms with Crippen molar-refractivity contribution in [1.82, 2.24) is 4.90 Å². The average Bonchev–Trinajstić information content (AvgIpc) is 3.27. The smallest absolute Gasteiger partial charge is 0.311 e. The number of likely N-dealkylation sites (tertiary alicyclic amines) is 1. The maximum atomic E-state index is 13.0. The van der Waals surface area contributed by atoms with Gasteiger partial charge in [-0.05, 0) is 37.6 Å². The molecule has 2 aromatic heterocycles. The lowest BCUT2D eigenvalue weighted by molar-refractivity contribution is -0.136. The maximum Gasteiger partial charge on any atom is 0.311 e. The number of carboxylic acid groups (broad SMARTS) is 1. The van der Waals surface area contributed by atoms with Crippen molar-refractivity contribution >= 4 is 23.2 Å². The maximum absolute atomic E-state index is 13.0. The van der Waals surface area contributed by atoms with Crippen LogP contribution in [0.5, 0.6) is 0 Å². The molecule has 2 unspecified atom stereocenters. The lowest BCUT2D eigenvalue weighted by Gasteiger charge is -2.26. The van der Waals surface area contributed by atoms with Gasteiger partial charge in [0.15, 0.2) is 0 Å². The summed E-state index contributed by atoms with van der Waals surface area (Å²) in [4.78, 5) is 26.6. The summed E-state index contributed by atoms with van der Waals surface area (Å²) in [5, 5.41) is 21.3. The van der Waals surface area contributed by atoms with Gasteiger partial charge in [-0.15, -0.1) is 11.3 Å². The Balaban J connectivity index is 1.77. The average molecular weight is 363 g/mol. The molecule has 2 aromatic rings. The van der Waals surface area contributed by atoms with Gasteiger partial charge >= 0.3 is 5.97 Å². The van der Waals surface area contributed by atoms with Crippen molar-refractivity contribution in [3.63, 3.8) is 0 Å². The number of nitrogens with zero attached hydrogens (tertiary/aromatic N) is 1. The second-order valence-corrected chi connectivity index (χ2v) is 7.33. The fourth-order valence-electron chi connectivity index (χ4n) is 3.40. The Morgan fingerprint density at radius 1 is 1.48 bits per heavy atom. The zero-order valence-corrected chi connectivity index (χ0v) is 14.8. The molecule has 25 heavy (non-hydrogen) atoms. The second-order valence-electron chi connectivity index (χ2n) is 6.35. The van der Waals surface area contributed by atoms with E-state index >= 15 is 0 Å². The molecule has 2 N–H and O–H groups in total. The first-order valence-corrected chi connectivity index (χ1v) is 9.16. The molecule has 1 aliphatic rings. The Bertz CT molecular complexity index is 752. The van der Waals surface area contributed by atoms with Gasteiger partial charge in [0.1, 0.15) is 12.2 Å². The second kappa shape index (κ2) is 7.41. The van der Waals surface area contributed by atoms with E-state index in [0.717, 1.165) is 17.7 Å². The number of amides is 1. The quantitative estimate of drug-likeness (QED) is 0.823. The Kier molecular flexibility index (Phi) is 5.24. The summed E-state index contributed by atoms with van der Waals surface area (Å²) in [5.41, 5.74) is 0.991. The van der Waals surface area contributed by atoms with Crippen LogP contribution in [0.4, 0.5) is 0 Å². The zero-order valence-electron chi connectivity index (χ0n) is 14.0. The Hall–Kier alpha value is -2.12. The Morgan fingerprint density at radius 2 is 2.28 bits per heavy atom. The number of furan rings is 1. The van der Waals surface area contributed by atoms with E-state index in [9.17, 15) is 14.7 Å². The van der Waals surface area contributed by atoms with Crippen molar-refractivity contribution in [3.05, 3.63) is 45.5 Å². The first-order valence-electron chi connectivity index (χ1n) is 8.28. The van der Waals surface area contributed by atoms with Crippen molar-refractivity contribution in [2.75, 3.05) is 6.54 Å². The molecule has 7 heteroatoms. The summed E-state index contributed by atoms with van der Waals surface area (Å²) in [6.45, 7) is 2.35. The predicted octanol–water partition coefficient (Wildman–Crippen LogP) is 3.00. The van der Waals surface area contributed by atoms with Crippen molar-refractivity contribution in [1.29, 1.82) is 0 Å². The minimum absolute atomic E-state index is 0.0587. The van der Waals surface area contributed by atoms with Crippen LogP contribution in [-0.4, -0.2) is 39.6 Å². The van der Waals surface area contributed by atoms with Crippen LogP contribution in [0, 0.1) is 6.92 Å². The molecular formula is C18H21NO5S. The number of carboxylic acids is 1. The van der Waals surface area contributed by atoms with Crippen LogP contribution in [-0.2, 0) is 11.2 Å². The number of carbonyl (C=O) groups excluding carboxylic acids is 1. The molecule has 134 valence electrons. The van der Waals surface area contributed by atoms with Gasteiger partial charge in [-0.1, -0.05) is 6.07 Å². The number of carbonyl (C=O) groups is 2. The molecule has 1 amide bonds. The van der Waals surface area contributed by atoms with Crippen molar-refractivity contribution in [2.45, 2.75) is 44.8 Å². The fraction of sp³-hybridized carbons (Fsp3) is 0.444. The fourth-order valence-corrected chi connectivity index (χ4v) is 4.12.